The zero-order valence-electron chi connectivity index (χ0n) is 24.9. The average molecular weight is 670 g/mol. The van der Waals surface area contributed by atoms with Gasteiger partial charge < -0.3 is 25.7 Å². The molecule has 0 unspecified atom stereocenters. The Labute approximate surface area is 270 Å². The number of piperidine rings is 1. The third-order valence-electron chi connectivity index (χ3n) is 8.93. The number of methoxy groups -OCH3 is 1. The van der Waals surface area contributed by atoms with Gasteiger partial charge in [-0.05, 0) is 69.6 Å². The Hall–Kier alpha value is -2.71. The predicted molar refractivity (Wildman–Crippen MR) is 174 cm³/mol. The molecule has 1 saturated heterocycles. The lowest BCUT2D eigenvalue weighted by molar-refractivity contribution is 0.0600. The second kappa shape index (κ2) is 14.6. The van der Waals surface area contributed by atoms with E-state index in [0.717, 1.165) is 49.7 Å². The van der Waals surface area contributed by atoms with E-state index >= 15 is 0 Å². The van der Waals surface area contributed by atoms with Crippen molar-refractivity contribution in [2.24, 2.45) is 5.73 Å². The first-order chi connectivity index (χ1) is 20.3. The summed E-state index contributed by atoms with van der Waals surface area (Å²) >= 11 is 0. The number of rotatable bonds is 8. The first kappa shape index (κ1) is 34.2. The molecule has 15 heteroatoms. The Morgan fingerprint density at radius 2 is 1.64 bits per heavy atom. The molecule has 12 nitrogen and oxygen atoms in total. The zero-order chi connectivity index (χ0) is 29.3. The summed E-state index contributed by atoms with van der Waals surface area (Å²) in [7, 11) is -2.48. The quantitative estimate of drug-likeness (QED) is 0.292. The lowest BCUT2D eigenvalue weighted by Crippen LogP contribution is -2.42. The highest BCUT2D eigenvalue weighted by Crippen LogP contribution is 2.34. The van der Waals surface area contributed by atoms with Crippen molar-refractivity contribution in [3.05, 3.63) is 36.2 Å². The molecular formula is C29H42Cl2N8O4S. The van der Waals surface area contributed by atoms with Crippen molar-refractivity contribution in [3.63, 3.8) is 0 Å². The van der Waals surface area contributed by atoms with Gasteiger partial charge in [0.25, 0.3) is 0 Å². The molecule has 0 bridgehead atoms. The number of nitrogens with two attached hydrogens (primary N) is 1. The van der Waals surface area contributed by atoms with Gasteiger partial charge in [0.1, 0.15) is 0 Å². The fourth-order valence-electron chi connectivity index (χ4n) is 6.46. The minimum absolute atomic E-state index is 0. The van der Waals surface area contributed by atoms with Gasteiger partial charge in [0, 0.05) is 37.3 Å². The number of nitrogens with one attached hydrogen (secondary N) is 2. The van der Waals surface area contributed by atoms with Gasteiger partial charge in [0.05, 0.1) is 23.9 Å². The first-order valence-electron chi connectivity index (χ1n) is 15.0. The van der Waals surface area contributed by atoms with E-state index in [1.54, 1.807) is 12.1 Å². The fraction of sp³-hybridized carbons (Fsp3) is 0.586. The summed E-state index contributed by atoms with van der Waals surface area (Å²) in [5, 5.41) is 7.15. The standard InChI is InChI=1S/C29H40N8O4S.2ClH/c1-41-28(38)19-5-4-8-24(17-19)42(39,40)36-15-13-22(14-16-36)32-26-25-27(37(18-31-25)23-6-2-3-7-23)35-29(34-26)33-21-11-9-20(30)10-12-21;;/h4-5,8,17-18,20-23H,2-3,6-7,9-16,30H2,1H3,(H2,32,33,34,35);2*1H. The molecule has 3 aliphatic rings. The Kier molecular flexibility index (Phi) is 11.3. The predicted octanol–water partition coefficient (Wildman–Crippen LogP) is 4.52. The monoisotopic (exact) mass is 668 g/mol. The SMILES string of the molecule is COC(=O)c1cccc(S(=O)(=O)N2CCC(Nc3nc(NC4CCC(N)CC4)nc4c3ncn4C3CCCC3)CC2)c1.Cl.Cl. The average Bonchev–Trinajstić information content (AvgIpc) is 3.69. The maximum Gasteiger partial charge on any atom is 0.337 e. The molecule has 0 spiro atoms. The van der Waals surface area contributed by atoms with Gasteiger partial charge in [0.2, 0.25) is 16.0 Å². The van der Waals surface area contributed by atoms with E-state index in [0.29, 0.717) is 43.7 Å². The van der Waals surface area contributed by atoms with Crippen LogP contribution in [0.4, 0.5) is 11.8 Å². The van der Waals surface area contributed by atoms with Gasteiger partial charge in [-0.25, -0.2) is 18.2 Å². The minimum Gasteiger partial charge on any atom is -0.465 e. The van der Waals surface area contributed by atoms with Crippen molar-refractivity contribution in [3.8, 4) is 0 Å². The van der Waals surface area contributed by atoms with Gasteiger partial charge in [-0.1, -0.05) is 18.9 Å². The lowest BCUT2D eigenvalue weighted by atomic mass is 9.92. The molecule has 4 N–H and O–H groups in total. The van der Waals surface area contributed by atoms with Crippen molar-refractivity contribution < 1.29 is 17.9 Å². The number of fused-ring (bicyclic) bond motifs is 1. The molecule has 6 rings (SSSR count). The van der Waals surface area contributed by atoms with Gasteiger partial charge in [-0.15, -0.1) is 24.8 Å². The third-order valence-corrected chi connectivity index (χ3v) is 10.8. The summed E-state index contributed by atoms with van der Waals surface area (Å²) in [4.78, 5) is 26.6. The van der Waals surface area contributed by atoms with Gasteiger partial charge >= 0.3 is 5.97 Å². The number of anilines is 2. The van der Waals surface area contributed by atoms with Crippen molar-refractivity contribution in [2.45, 2.75) is 93.3 Å². The van der Waals surface area contributed by atoms with Crippen LogP contribution in [-0.2, 0) is 14.8 Å². The minimum atomic E-state index is -3.75. The molecule has 3 aromatic rings. The molecule has 0 amide bonds. The summed E-state index contributed by atoms with van der Waals surface area (Å²) < 4.78 is 35.2. The second-order valence-electron chi connectivity index (χ2n) is 11.8. The van der Waals surface area contributed by atoms with Crippen molar-refractivity contribution in [2.75, 3.05) is 30.8 Å². The van der Waals surface area contributed by atoms with Crippen LogP contribution >= 0.6 is 24.8 Å². The molecule has 1 aromatic carbocycles. The van der Waals surface area contributed by atoms with Crippen LogP contribution in [0.5, 0.6) is 0 Å². The van der Waals surface area contributed by atoms with Crippen LogP contribution in [-0.4, -0.2) is 76.5 Å². The number of halogens is 2. The Bertz CT molecular complexity index is 1530. The van der Waals surface area contributed by atoms with E-state index < -0.39 is 16.0 Å². The second-order valence-corrected chi connectivity index (χ2v) is 13.7. The summed E-state index contributed by atoms with van der Waals surface area (Å²) in [6.07, 6.45) is 11.7. The molecule has 2 saturated carbocycles. The molecule has 2 aliphatic carbocycles. The molecule has 0 atom stereocenters. The number of hydrogen-bond donors (Lipinski definition) is 3. The number of sulfonamides is 1. The molecule has 3 heterocycles. The summed E-state index contributed by atoms with van der Waals surface area (Å²) in [6.45, 7) is 0.696. The Morgan fingerprint density at radius 3 is 2.32 bits per heavy atom. The third kappa shape index (κ3) is 7.23. The van der Waals surface area contributed by atoms with Crippen LogP contribution in [0.15, 0.2) is 35.5 Å². The van der Waals surface area contributed by atoms with E-state index in [1.165, 1.54) is 36.4 Å². The molecular weight excluding hydrogens is 627 g/mol. The Morgan fingerprint density at radius 1 is 0.955 bits per heavy atom. The number of benzene rings is 1. The normalized spacial score (nSPS) is 21.8. The molecule has 0 radical (unpaired) electrons. The van der Waals surface area contributed by atoms with Gasteiger partial charge in [-0.2, -0.15) is 14.3 Å². The Balaban J connectivity index is 0.00000221. The highest BCUT2D eigenvalue weighted by molar-refractivity contribution is 7.89. The van der Waals surface area contributed by atoms with Crippen LogP contribution in [0.2, 0.25) is 0 Å². The molecule has 242 valence electrons. The van der Waals surface area contributed by atoms with Gasteiger partial charge in [-0.3, -0.25) is 0 Å². The van der Waals surface area contributed by atoms with Crippen molar-refractivity contribution in [1.82, 2.24) is 23.8 Å². The van der Waals surface area contributed by atoms with Crippen LogP contribution in [0, 0.1) is 0 Å². The number of hydrogen-bond acceptors (Lipinski definition) is 10. The zero-order valence-corrected chi connectivity index (χ0v) is 27.3. The van der Waals surface area contributed by atoms with Crippen LogP contribution < -0.4 is 16.4 Å². The molecule has 44 heavy (non-hydrogen) atoms. The first-order valence-corrected chi connectivity index (χ1v) is 16.5. The summed E-state index contributed by atoms with van der Waals surface area (Å²) in [6, 6.07) is 6.95. The van der Waals surface area contributed by atoms with E-state index in [2.05, 4.69) is 15.2 Å². The molecule has 3 fully saturated rings. The topological polar surface area (TPSA) is 157 Å². The molecule has 2 aromatic heterocycles. The highest BCUT2D eigenvalue weighted by atomic mass is 35.5. The lowest BCUT2D eigenvalue weighted by Gasteiger charge is -2.32. The number of esters is 1. The maximum atomic E-state index is 13.4. The van der Waals surface area contributed by atoms with Crippen LogP contribution in [0.25, 0.3) is 11.2 Å². The highest BCUT2D eigenvalue weighted by Gasteiger charge is 2.31. The van der Waals surface area contributed by atoms with Gasteiger partial charge in [0.15, 0.2) is 17.0 Å². The number of carbonyl (C=O) groups is 1. The van der Waals surface area contributed by atoms with E-state index in [9.17, 15) is 13.2 Å². The number of imidazole rings is 1. The fourth-order valence-corrected chi connectivity index (χ4v) is 7.98. The van der Waals surface area contributed by atoms with E-state index in [-0.39, 0.29) is 53.4 Å². The number of carbonyl (C=O) groups excluding carboxylic acids is 1. The smallest absolute Gasteiger partial charge is 0.337 e. The maximum absolute atomic E-state index is 13.4. The van der Waals surface area contributed by atoms with E-state index in [4.69, 9.17) is 25.4 Å². The number of ether oxygens (including phenoxy) is 1. The van der Waals surface area contributed by atoms with Crippen LogP contribution in [0.3, 0.4) is 0 Å². The van der Waals surface area contributed by atoms with E-state index in [1.807, 2.05) is 6.33 Å². The summed E-state index contributed by atoms with van der Waals surface area (Å²) in [5.74, 6) is 0.706. The van der Waals surface area contributed by atoms with Crippen molar-refractivity contribution >= 4 is 63.7 Å². The summed E-state index contributed by atoms with van der Waals surface area (Å²) in [5.41, 5.74) is 7.91. The number of aromatic nitrogens is 4. The van der Waals surface area contributed by atoms with Crippen LogP contribution in [0.1, 0.15) is 80.6 Å². The largest absolute Gasteiger partial charge is 0.465 e. The molecule has 1 aliphatic heterocycles. The number of nitrogens with zero attached hydrogens (tertiary/aromatic N) is 5. The van der Waals surface area contributed by atoms with Crippen molar-refractivity contribution in [1.29, 1.82) is 0 Å².